The van der Waals surface area contributed by atoms with Gasteiger partial charge in [-0.1, -0.05) is 0 Å². The molecule has 3 aromatic rings. The first kappa shape index (κ1) is 20.6. The molecule has 10 heteroatoms. The molecule has 30 heavy (non-hydrogen) atoms. The summed E-state index contributed by atoms with van der Waals surface area (Å²) in [4.78, 5) is 23.6. The predicted octanol–water partition coefficient (Wildman–Crippen LogP) is 2.32. The molecule has 0 amide bonds. The average molecular weight is 418 g/mol. The molecule has 3 rings (SSSR count). The second-order valence-electron chi connectivity index (χ2n) is 6.32. The van der Waals surface area contributed by atoms with Crippen molar-refractivity contribution in [3.8, 4) is 45.8 Å². The Morgan fingerprint density at radius 1 is 0.967 bits per heavy atom. The van der Waals surface area contributed by atoms with Crippen molar-refractivity contribution in [3.05, 3.63) is 34.5 Å². The van der Waals surface area contributed by atoms with E-state index in [1.165, 1.54) is 13.2 Å². The molecular weight excluding hydrogens is 400 g/mol. The Morgan fingerprint density at radius 3 is 2.27 bits per heavy atom. The molecule has 1 aromatic heterocycles. The Labute approximate surface area is 168 Å². The minimum Gasteiger partial charge on any atom is -0.507 e. The zero-order valence-corrected chi connectivity index (χ0v) is 15.7. The molecule has 0 saturated heterocycles. The topological polar surface area (TPSA) is 167 Å². The maximum absolute atomic E-state index is 12.5. The third-order valence-electron chi connectivity index (χ3n) is 4.28. The molecule has 0 bridgehead atoms. The van der Waals surface area contributed by atoms with Gasteiger partial charge in [0.25, 0.3) is 0 Å². The van der Waals surface area contributed by atoms with Crippen LogP contribution in [0.3, 0.4) is 0 Å². The second kappa shape index (κ2) is 8.11. The fourth-order valence-electron chi connectivity index (χ4n) is 2.79. The maximum Gasteiger partial charge on any atom is 0.305 e. The summed E-state index contributed by atoms with van der Waals surface area (Å²) in [6, 6.07) is 4.42. The van der Waals surface area contributed by atoms with Crippen LogP contribution < -0.4 is 10.2 Å². The molecule has 0 aliphatic rings. The number of phenolic OH excluding ortho intramolecular Hbond substituents is 4. The minimum atomic E-state index is -0.951. The van der Waals surface area contributed by atoms with E-state index < -0.39 is 45.9 Å². The number of methoxy groups -OCH3 is 1. The van der Waals surface area contributed by atoms with Crippen LogP contribution in [0, 0.1) is 0 Å². The lowest BCUT2D eigenvalue weighted by Gasteiger charge is -2.11. The zero-order valence-electron chi connectivity index (χ0n) is 15.7. The van der Waals surface area contributed by atoms with Gasteiger partial charge in [0.05, 0.1) is 13.7 Å². The summed E-state index contributed by atoms with van der Waals surface area (Å²) in [6.45, 7) is 0.120. The summed E-state index contributed by atoms with van der Waals surface area (Å²) >= 11 is 0. The molecule has 0 fully saturated rings. The monoisotopic (exact) mass is 418 g/mol. The van der Waals surface area contributed by atoms with Gasteiger partial charge in [-0.25, -0.2) is 0 Å². The number of aromatic hydroxyl groups is 5. The standard InChI is InChI=1S/C20H18O10/c1-28-15(24)3-2-4-29-10-7-11(21)16-14(8-10)30-20(19(27)18(16)26)9-5-12(22)17(25)13(23)6-9/h5-8,21-23,25,27H,2-4H2,1H3. The number of ether oxygens (including phenoxy) is 2. The van der Waals surface area contributed by atoms with Crippen molar-refractivity contribution in [2.75, 3.05) is 13.7 Å². The highest BCUT2D eigenvalue weighted by Crippen LogP contribution is 2.42. The number of fused-ring (bicyclic) bond motifs is 1. The molecule has 5 N–H and O–H groups in total. The van der Waals surface area contributed by atoms with E-state index in [2.05, 4.69) is 4.74 Å². The average Bonchev–Trinajstić information content (AvgIpc) is 2.71. The van der Waals surface area contributed by atoms with Gasteiger partial charge in [0, 0.05) is 24.1 Å². The first-order chi connectivity index (χ1) is 14.2. The van der Waals surface area contributed by atoms with Crippen LogP contribution in [0.5, 0.6) is 34.5 Å². The lowest BCUT2D eigenvalue weighted by atomic mass is 10.1. The van der Waals surface area contributed by atoms with Crippen molar-refractivity contribution in [2.45, 2.75) is 12.8 Å². The zero-order chi connectivity index (χ0) is 22.0. The predicted molar refractivity (Wildman–Crippen MR) is 103 cm³/mol. The summed E-state index contributed by atoms with van der Waals surface area (Å²) in [5, 5.41) is 48.9. The third kappa shape index (κ3) is 3.88. The minimum absolute atomic E-state index is 0.0943. The lowest BCUT2D eigenvalue weighted by Crippen LogP contribution is -2.06. The Hall–Kier alpha value is -4.08. The van der Waals surface area contributed by atoms with E-state index in [0.29, 0.717) is 6.42 Å². The van der Waals surface area contributed by atoms with Gasteiger partial charge in [0.15, 0.2) is 23.0 Å². The number of rotatable bonds is 6. The lowest BCUT2D eigenvalue weighted by molar-refractivity contribution is -0.140. The molecule has 1 heterocycles. The van der Waals surface area contributed by atoms with Gasteiger partial charge in [0.2, 0.25) is 11.2 Å². The van der Waals surface area contributed by atoms with Gasteiger partial charge >= 0.3 is 5.97 Å². The van der Waals surface area contributed by atoms with Crippen LogP contribution in [0.2, 0.25) is 0 Å². The molecule has 0 unspecified atom stereocenters. The maximum atomic E-state index is 12.5. The largest absolute Gasteiger partial charge is 0.507 e. The van der Waals surface area contributed by atoms with E-state index in [1.807, 2.05) is 0 Å². The van der Waals surface area contributed by atoms with E-state index in [4.69, 9.17) is 9.15 Å². The molecule has 0 atom stereocenters. The number of benzene rings is 2. The summed E-state index contributed by atoms with van der Waals surface area (Å²) in [7, 11) is 1.27. The summed E-state index contributed by atoms with van der Waals surface area (Å²) in [5.74, 6) is -4.19. The van der Waals surface area contributed by atoms with Crippen LogP contribution in [0.15, 0.2) is 33.5 Å². The molecular formula is C20H18O10. The Kier molecular flexibility index (Phi) is 5.58. The van der Waals surface area contributed by atoms with Gasteiger partial charge in [0.1, 0.15) is 22.5 Å². The number of hydrogen-bond donors (Lipinski definition) is 5. The van der Waals surface area contributed by atoms with E-state index in [1.54, 1.807) is 0 Å². The van der Waals surface area contributed by atoms with E-state index in [0.717, 1.165) is 18.2 Å². The molecule has 2 aromatic carbocycles. The SMILES string of the molecule is COC(=O)CCCOc1cc(O)c2c(=O)c(O)c(-c3cc(O)c(O)c(O)c3)oc2c1. The van der Waals surface area contributed by atoms with Gasteiger partial charge in [-0.05, 0) is 18.6 Å². The van der Waals surface area contributed by atoms with Crippen LogP contribution in [-0.4, -0.2) is 45.2 Å². The molecule has 158 valence electrons. The number of hydrogen-bond acceptors (Lipinski definition) is 10. The molecule has 0 radical (unpaired) electrons. The third-order valence-corrected chi connectivity index (χ3v) is 4.28. The van der Waals surface area contributed by atoms with Crippen LogP contribution in [0.4, 0.5) is 0 Å². The fourth-order valence-corrected chi connectivity index (χ4v) is 2.79. The highest BCUT2D eigenvalue weighted by atomic mass is 16.5. The van der Waals surface area contributed by atoms with Gasteiger partial charge < -0.3 is 39.4 Å². The summed E-state index contributed by atoms with van der Waals surface area (Å²) < 4.78 is 15.5. The molecule has 0 aliphatic carbocycles. The van der Waals surface area contributed by atoms with Crippen molar-refractivity contribution < 1.29 is 44.2 Å². The Balaban J connectivity index is 2.02. The van der Waals surface area contributed by atoms with Gasteiger partial charge in [-0.2, -0.15) is 0 Å². The number of phenols is 4. The van der Waals surface area contributed by atoms with Gasteiger partial charge in [-0.3, -0.25) is 9.59 Å². The van der Waals surface area contributed by atoms with E-state index >= 15 is 0 Å². The first-order valence-electron chi connectivity index (χ1n) is 8.70. The molecule has 0 saturated carbocycles. The smallest absolute Gasteiger partial charge is 0.305 e. The number of carbonyl (C=O) groups is 1. The Bertz CT molecular complexity index is 1160. The normalized spacial score (nSPS) is 10.8. The summed E-state index contributed by atoms with van der Waals surface area (Å²) in [5.41, 5.74) is -1.18. The molecule has 0 spiro atoms. The van der Waals surface area contributed by atoms with E-state index in [9.17, 15) is 35.1 Å². The molecule has 0 aliphatic heterocycles. The number of carbonyl (C=O) groups excluding carboxylic acids is 1. The molecule has 10 nitrogen and oxygen atoms in total. The first-order valence-corrected chi connectivity index (χ1v) is 8.70. The van der Waals surface area contributed by atoms with Crippen LogP contribution in [0.25, 0.3) is 22.3 Å². The van der Waals surface area contributed by atoms with Crippen molar-refractivity contribution in [1.82, 2.24) is 0 Å². The van der Waals surface area contributed by atoms with E-state index in [-0.39, 0.29) is 35.3 Å². The van der Waals surface area contributed by atoms with Crippen LogP contribution in [-0.2, 0) is 9.53 Å². The summed E-state index contributed by atoms with van der Waals surface area (Å²) in [6.07, 6.45) is 0.485. The van der Waals surface area contributed by atoms with Gasteiger partial charge in [-0.15, -0.1) is 0 Å². The van der Waals surface area contributed by atoms with Crippen molar-refractivity contribution in [3.63, 3.8) is 0 Å². The quantitative estimate of drug-likeness (QED) is 0.228. The second-order valence-corrected chi connectivity index (χ2v) is 6.32. The van der Waals surface area contributed by atoms with Crippen LogP contribution >= 0.6 is 0 Å². The number of esters is 1. The fraction of sp³-hybridized carbons (Fsp3) is 0.200. The highest BCUT2D eigenvalue weighted by Gasteiger charge is 2.21. The Morgan fingerprint density at radius 2 is 1.63 bits per heavy atom. The van der Waals surface area contributed by atoms with Crippen LogP contribution in [0.1, 0.15) is 12.8 Å². The van der Waals surface area contributed by atoms with Crippen molar-refractivity contribution in [2.24, 2.45) is 0 Å². The van der Waals surface area contributed by atoms with Crippen molar-refractivity contribution >= 4 is 16.9 Å². The van der Waals surface area contributed by atoms with Crippen molar-refractivity contribution in [1.29, 1.82) is 0 Å². The highest BCUT2D eigenvalue weighted by molar-refractivity contribution is 5.88.